The summed E-state index contributed by atoms with van der Waals surface area (Å²) in [5, 5.41) is 8.68. The first kappa shape index (κ1) is 10.3. The van der Waals surface area contributed by atoms with Gasteiger partial charge in [0, 0.05) is 6.08 Å². The summed E-state index contributed by atoms with van der Waals surface area (Å²) in [6.07, 6.45) is 5.51. The van der Waals surface area contributed by atoms with Crippen LogP contribution in [0.2, 0.25) is 0 Å². The van der Waals surface area contributed by atoms with E-state index in [0.717, 1.165) is 12.3 Å². The molecule has 0 aromatic heterocycles. The predicted molar refractivity (Wildman–Crippen MR) is 55.0 cm³/mol. The van der Waals surface area contributed by atoms with Crippen molar-refractivity contribution in [1.82, 2.24) is 0 Å². The van der Waals surface area contributed by atoms with E-state index in [1.807, 2.05) is 0 Å². The third-order valence-corrected chi connectivity index (χ3v) is 3.09. The highest BCUT2D eigenvalue weighted by atomic mass is 14.3. The minimum Gasteiger partial charge on any atom is -0.193 e. The second-order valence-corrected chi connectivity index (χ2v) is 4.59. The molecule has 2 unspecified atom stereocenters. The van der Waals surface area contributed by atoms with Gasteiger partial charge in [-0.1, -0.05) is 26.3 Å². The molecule has 0 amide bonds. The molecule has 0 aromatic carbocycles. The lowest BCUT2D eigenvalue weighted by Crippen LogP contribution is -2.20. The summed E-state index contributed by atoms with van der Waals surface area (Å²) >= 11 is 0. The highest BCUT2D eigenvalue weighted by molar-refractivity contribution is 5.18. The Morgan fingerprint density at radius 2 is 2.15 bits per heavy atom. The fraction of sp³-hybridized carbons (Fsp3) is 0.750. The van der Waals surface area contributed by atoms with Gasteiger partial charge in [-0.25, -0.2) is 0 Å². The highest BCUT2D eigenvalue weighted by Gasteiger charge is 2.25. The average molecular weight is 177 g/mol. The molecule has 1 fully saturated rings. The minimum atomic E-state index is 0.663. The smallest absolute Gasteiger partial charge is 0.0911 e. The third kappa shape index (κ3) is 2.59. The van der Waals surface area contributed by atoms with Crippen LogP contribution in [0.4, 0.5) is 0 Å². The minimum absolute atomic E-state index is 0.663. The highest BCUT2D eigenvalue weighted by Crippen LogP contribution is 2.37. The van der Waals surface area contributed by atoms with E-state index in [1.165, 1.54) is 18.4 Å². The second kappa shape index (κ2) is 4.46. The molecule has 1 heteroatoms. The van der Waals surface area contributed by atoms with E-state index in [4.69, 9.17) is 5.26 Å². The Hall–Kier alpha value is -0.770. The zero-order valence-corrected chi connectivity index (χ0v) is 8.88. The third-order valence-electron chi connectivity index (χ3n) is 3.09. The molecule has 0 aliphatic heterocycles. The van der Waals surface area contributed by atoms with E-state index >= 15 is 0 Å². The lowest BCUT2D eigenvalue weighted by atomic mass is 9.74. The van der Waals surface area contributed by atoms with Gasteiger partial charge in [0.1, 0.15) is 0 Å². The zero-order valence-electron chi connectivity index (χ0n) is 8.88. The van der Waals surface area contributed by atoms with E-state index < -0.39 is 0 Å². The maximum Gasteiger partial charge on any atom is 0.0911 e. The summed E-state index contributed by atoms with van der Waals surface area (Å²) in [4.78, 5) is 0. The average Bonchev–Trinajstić information content (AvgIpc) is 2.04. The van der Waals surface area contributed by atoms with Gasteiger partial charge in [0.2, 0.25) is 0 Å². The van der Waals surface area contributed by atoms with Crippen molar-refractivity contribution >= 4 is 0 Å². The summed E-state index contributed by atoms with van der Waals surface area (Å²) in [5.74, 6) is 2.12. The van der Waals surface area contributed by atoms with Crippen LogP contribution in [0.1, 0.15) is 40.0 Å². The van der Waals surface area contributed by atoms with E-state index in [2.05, 4.69) is 26.8 Å². The Labute approximate surface area is 81.5 Å². The Bertz CT molecular complexity index is 232. The van der Waals surface area contributed by atoms with Crippen molar-refractivity contribution in [3.8, 4) is 6.07 Å². The molecule has 2 atom stereocenters. The Kier molecular flexibility index (Phi) is 3.54. The summed E-state index contributed by atoms with van der Waals surface area (Å²) in [6, 6.07) is 2.18. The molecule has 0 heterocycles. The molecule has 0 aromatic rings. The number of hydrogen-bond acceptors (Lipinski definition) is 1. The topological polar surface area (TPSA) is 23.8 Å². The molecule has 13 heavy (non-hydrogen) atoms. The molecular weight excluding hydrogens is 158 g/mol. The fourth-order valence-electron chi connectivity index (χ4n) is 2.32. The lowest BCUT2D eigenvalue weighted by Gasteiger charge is -2.31. The van der Waals surface area contributed by atoms with Crippen LogP contribution in [0, 0.1) is 29.1 Å². The maximum absolute atomic E-state index is 8.68. The standard InChI is InChI=1S/C12H19N/c1-9(2)12-5-4-10(3)8-11(12)6-7-13/h6,9-10,12H,4-5,8H2,1-3H3. The van der Waals surface area contributed by atoms with Crippen LogP contribution in [0.15, 0.2) is 11.6 Å². The number of rotatable bonds is 1. The Morgan fingerprint density at radius 3 is 2.69 bits per heavy atom. The van der Waals surface area contributed by atoms with Crippen LogP contribution in [0.5, 0.6) is 0 Å². The van der Waals surface area contributed by atoms with Gasteiger partial charge in [-0.2, -0.15) is 5.26 Å². The number of allylic oxidation sites excluding steroid dienone is 2. The monoisotopic (exact) mass is 177 g/mol. The first-order valence-electron chi connectivity index (χ1n) is 5.23. The van der Waals surface area contributed by atoms with Crippen molar-refractivity contribution in [3.05, 3.63) is 11.6 Å². The summed E-state index contributed by atoms with van der Waals surface area (Å²) in [6.45, 7) is 6.79. The molecule has 1 nitrogen and oxygen atoms in total. The number of hydrogen-bond donors (Lipinski definition) is 0. The largest absolute Gasteiger partial charge is 0.193 e. The molecule has 0 N–H and O–H groups in total. The van der Waals surface area contributed by atoms with E-state index in [0.29, 0.717) is 11.8 Å². The molecular formula is C12H19N. The lowest BCUT2D eigenvalue weighted by molar-refractivity contribution is 0.308. The summed E-state index contributed by atoms with van der Waals surface area (Å²) in [5.41, 5.74) is 1.39. The van der Waals surface area contributed by atoms with Crippen LogP contribution in [-0.4, -0.2) is 0 Å². The van der Waals surface area contributed by atoms with Gasteiger partial charge in [0.25, 0.3) is 0 Å². The molecule has 72 valence electrons. The normalized spacial score (nSPS) is 32.1. The van der Waals surface area contributed by atoms with Crippen molar-refractivity contribution in [2.75, 3.05) is 0 Å². The van der Waals surface area contributed by atoms with E-state index in [-0.39, 0.29) is 0 Å². The molecule has 1 saturated carbocycles. The molecule has 0 saturated heterocycles. The van der Waals surface area contributed by atoms with Crippen LogP contribution in [-0.2, 0) is 0 Å². The van der Waals surface area contributed by atoms with Gasteiger partial charge in [0.05, 0.1) is 6.07 Å². The van der Waals surface area contributed by atoms with Crippen molar-refractivity contribution in [3.63, 3.8) is 0 Å². The first-order valence-corrected chi connectivity index (χ1v) is 5.23. The van der Waals surface area contributed by atoms with Crippen molar-refractivity contribution < 1.29 is 0 Å². The Morgan fingerprint density at radius 1 is 1.46 bits per heavy atom. The van der Waals surface area contributed by atoms with Crippen LogP contribution in [0.3, 0.4) is 0 Å². The maximum atomic E-state index is 8.68. The number of nitrogens with zero attached hydrogens (tertiary/aromatic N) is 1. The molecule has 0 bridgehead atoms. The van der Waals surface area contributed by atoms with Gasteiger partial charge in [-0.15, -0.1) is 0 Å². The SMILES string of the molecule is CC1CCC(C(C)C)C(=CC#N)C1. The van der Waals surface area contributed by atoms with Crippen LogP contribution in [0.25, 0.3) is 0 Å². The second-order valence-electron chi connectivity index (χ2n) is 4.59. The van der Waals surface area contributed by atoms with Crippen LogP contribution < -0.4 is 0 Å². The molecule has 1 aliphatic rings. The predicted octanol–water partition coefficient (Wildman–Crippen LogP) is 3.53. The van der Waals surface area contributed by atoms with Gasteiger partial charge >= 0.3 is 0 Å². The molecule has 1 aliphatic carbocycles. The summed E-state index contributed by atoms with van der Waals surface area (Å²) in [7, 11) is 0. The fourth-order valence-corrected chi connectivity index (χ4v) is 2.32. The summed E-state index contributed by atoms with van der Waals surface area (Å²) < 4.78 is 0. The van der Waals surface area contributed by atoms with Gasteiger partial charge in [-0.3, -0.25) is 0 Å². The van der Waals surface area contributed by atoms with Gasteiger partial charge in [-0.05, 0) is 37.0 Å². The number of nitriles is 1. The van der Waals surface area contributed by atoms with E-state index in [1.54, 1.807) is 6.08 Å². The van der Waals surface area contributed by atoms with Crippen molar-refractivity contribution in [2.45, 2.75) is 40.0 Å². The Balaban J connectivity index is 2.73. The van der Waals surface area contributed by atoms with Crippen LogP contribution >= 0.6 is 0 Å². The van der Waals surface area contributed by atoms with E-state index in [9.17, 15) is 0 Å². The molecule has 0 radical (unpaired) electrons. The van der Waals surface area contributed by atoms with Crippen molar-refractivity contribution in [2.24, 2.45) is 17.8 Å². The van der Waals surface area contributed by atoms with Crippen molar-refractivity contribution in [1.29, 1.82) is 5.26 Å². The zero-order chi connectivity index (χ0) is 9.84. The van der Waals surface area contributed by atoms with Gasteiger partial charge in [0.15, 0.2) is 0 Å². The molecule has 1 rings (SSSR count). The first-order chi connectivity index (χ1) is 6.15. The van der Waals surface area contributed by atoms with Gasteiger partial charge < -0.3 is 0 Å². The quantitative estimate of drug-likeness (QED) is 0.562. The molecule has 0 spiro atoms.